The molecular formula is C11H16O4. The highest BCUT2D eigenvalue weighted by Gasteiger charge is 2.52. The van der Waals surface area contributed by atoms with Crippen molar-refractivity contribution in [2.24, 2.45) is 11.3 Å². The van der Waals surface area contributed by atoms with Gasteiger partial charge in [-0.3, -0.25) is 4.79 Å². The summed E-state index contributed by atoms with van der Waals surface area (Å²) in [5.74, 6) is -1.27. The molecule has 0 aromatic heterocycles. The van der Waals surface area contributed by atoms with Gasteiger partial charge in [0.1, 0.15) is 12.1 Å². The van der Waals surface area contributed by atoms with Gasteiger partial charge in [-0.15, -0.1) is 0 Å². The van der Waals surface area contributed by atoms with E-state index in [0.717, 1.165) is 6.29 Å². The lowest BCUT2D eigenvalue weighted by atomic mass is 9.68. The predicted octanol–water partition coefficient (Wildman–Crippen LogP) is 0.934. The molecule has 2 rings (SSSR count). The first-order valence-electron chi connectivity index (χ1n) is 5.27. The van der Waals surface area contributed by atoms with Gasteiger partial charge in [0.25, 0.3) is 0 Å². The molecule has 0 aromatic rings. The van der Waals surface area contributed by atoms with Crippen LogP contribution in [0.3, 0.4) is 0 Å². The van der Waals surface area contributed by atoms with E-state index in [1.54, 1.807) is 0 Å². The van der Waals surface area contributed by atoms with Crippen LogP contribution < -0.4 is 0 Å². The number of aldehydes is 1. The molecular weight excluding hydrogens is 196 g/mol. The van der Waals surface area contributed by atoms with Crippen molar-refractivity contribution >= 4 is 12.1 Å². The van der Waals surface area contributed by atoms with E-state index in [1.165, 1.54) is 0 Å². The number of carbonyl (C=O) groups excluding carboxylic acids is 2. The Morgan fingerprint density at radius 2 is 1.93 bits per heavy atom. The smallest absolute Gasteiger partial charge is 0.170 e. The molecule has 2 fully saturated rings. The maximum atomic E-state index is 11.9. The third kappa shape index (κ3) is 1.72. The first kappa shape index (κ1) is 10.8. The molecule has 84 valence electrons. The summed E-state index contributed by atoms with van der Waals surface area (Å²) >= 11 is 0. The van der Waals surface area contributed by atoms with Gasteiger partial charge in [0.05, 0.1) is 19.1 Å². The lowest BCUT2D eigenvalue weighted by Crippen LogP contribution is -2.50. The van der Waals surface area contributed by atoms with Gasteiger partial charge in [0, 0.05) is 18.3 Å². The van der Waals surface area contributed by atoms with Crippen molar-refractivity contribution in [2.75, 3.05) is 13.2 Å². The Hall–Kier alpha value is -0.740. The van der Waals surface area contributed by atoms with Gasteiger partial charge < -0.3 is 14.3 Å². The molecule has 0 bridgehead atoms. The summed E-state index contributed by atoms with van der Waals surface area (Å²) in [6.07, 6.45) is 1.64. The Morgan fingerprint density at radius 1 is 1.33 bits per heavy atom. The van der Waals surface area contributed by atoms with Crippen LogP contribution in [-0.2, 0) is 19.1 Å². The molecule has 1 saturated heterocycles. The summed E-state index contributed by atoms with van der Waals surface area (Å²) in [7, 11) is 0. The zero-order chi connectivity index (χ0) is 11.1. The molecule has 2 aliphatic rings. The summed E-state index contributed by atoms with van der Waals surface area (Å²) in [5, 5.41) is 0. The largest absolute Gasteiger partial charge is 0.347 e. The van der Waals surface area contributed by atoms with E-state index < -0.39 is 17.1 Å². The average molecular weight is 212 g/mol. The van der Waals surface area contributed by atoms with E-state index in [0.29, 0.717) is 26.1 Å². The van der Waals surface area contributed by atoms with Crippen LogP contribution in [0.2, 0.25) is 0 Å². The van der Waals surface area contributed by atoms with Crippen LogP contribution in [0.4, 0.5) is 0 Å². The Morgan fingerprint density at radius 3 is 2.47 bits per heavy atom. The number of rotatable bonds is 1. The summed E-state index contributed by atoms with van der Waals surface area (Å²) < 4.78 is 11.1. The molecule has 15 heavy (non-hydrogen) atoms. The van der Waals surface area contributed by atoms with Crippen molar-refractivity contribution in [2.45, 2.75) is 32.5 Å². The Kier molecular flexibility index (Phi) is 2.43. The van der Waals surface area contributed by atoms with Gasteiger partial charge in [-0.2, -0.15) is 0 Å². The van der Waals surface area contributed by atoms with Crippen LogP contribution in [0.1, 0.15) is 26.7 Å². The molecule has 0 radical (unpaired) electrons. The van der Waals surface area contributed by atoms with E-state index in [-0.39, 0.29) is 5.78 Å². The summed E-state index contributed by atoms with van der Waals surface area (Å²) in [5.41, 5.74) is -0.534. The van der Waals surface area contributed by atoms with Crippen molar-refractivity contribution in [1.29, 1.82) is 0 Å². The fraction of sp³-hybridized carbons (Fsp3) is 0.818. The lowest BCUT2D eigenvalue weighted by Gasteiger charge is -2.42. The number of hydrogen-bond donors (Lipinski definition) is 0. The van der Waals surface area contributed by atoms with E-state index in [9.17, 15) is 9.59 Å². The second-order valence-corrected chi connectivity index (χ2v) is 4.98. The van der Waals surface area contributed by atoms with Gasteiger partial charge in [0.15, 0.2) is 5.79 Å². The van der Waals surface area contributed by atoms with Crippen LogP contribution in [0.5, 0.6) is 0 Å². The Balaban J connectivity index is 2.26. The number of Topliss-reactive ketones (excluding diaryl/α,β-unsaturated/α-hetero) is 1. The molecule has 4 heteroatoms. The van der Waals surface area contributed by atoms with Crippen LogP contribution in [0, 0.1) is 11.3 Å². The zero-order valence-corrected chi connectivity index (χ0v) is 9.12. The second-order valence-electron chi connectivity index (χ2n) is 4.98. The molecule has 4 nitrogen and oxygen atoms in total. The van der Waals surface area contributed by atoms with Gasteiger partial charge >= 0.3 is 0 Å². The number of carbonyl (C=O) groups is 2. The minimum absolute atomic E-state index is 0.00206. The van der Waals surface area contributed by atoms with E-state index in [2.05, 4.69) is 0 Å². The summed E-state index contributed by atoms with van der Waals surface area (Å²) in [6.45, 7) is 4.79. The predicted molar refractivity (Wildman–Crippen MR) is 52.2 cm³/mol. The molecule has 1 unspecified atom stereocenters. The first-order valence-corrected chi connectivity index (χ1v) is 5.27. The van der Waals surface area contributed by atoms with Crippen LogP contribution in [-0.4, -0.2) is 31.1 Å². The lowest BCUT2D eigenvalue weighted by molar-refractivity contribution is -0.206. The molecule has 1 heterocycles. The number of hydrogen-bond acceptors (Lipinski definition) is 4. The first-order chi connectivity index (χ1) is 6.99. The SMILES string of the molecule is CC1(C)CC2(CC(C=O)C1=O)OCCO2. The fourth-order valence-corrected chi connectivity index (χ4v) is 2.59. The molecule has 1 atom stereocenters. The minimum atomic E-state index is -0.691. The van der Waals surface area contributed by atoms with E-state index in [1.807, 2.05) is 13.8 Å². The summed E-state index contributed by atoms with van der Waals surface area (Å²) in [4.78, 5) is 22.7. The number of ether oxygens (including phenoxy) is 2. The monoisotopic (exact) mass is 212 g/mol. The van der Waals surface area contributed by atoms with Crippen molar-refractivity contribution in [3.05, 3.63) is 0 Å². The standard InChI is InChI=1S/C11H16O4/c1-10(2)7-11(14-3-4-15-11)5-8(6-12)9(10)13/h6,8H,3-5,7H2,1-2H3. The van der Waals surface area contributed by atoms with E-state index >= 15 is 0 Å². The van der Waals surface area contributed by atoms with Crippen molar-refractivity contribution in [3.63, 3.8) is 0 Å². The molecule has 1 saturated carbocycles. The van der Waals surface area contributed by atoms with Crippen LogP contribution in [0.15, 0.2) is 0 Å². The maximum Gasteiger partial charge on any atom is 0.170 e. The topological polar surface area (TPSA) is 52.6 Å². The third-order valence-electron chi connectivity index (χ3n) is 3.22. The molecule has 1 spiro atoms. The van der Waals surface area contributed by atoms with Crippen molar-refractivity contribution in [3.8, 4) is 0 Å². The highest BCUT2D eigenvalue weighted by atomic mass is 16.7. The fourth-order valence-electron chi connectivity index (χ4n) is 2.59. The Labute approximate surface area is 88.9 Å². The molecule has 1 aliphatic heterocycles. The quantitative estimate of drug-likeness (QED) is 0.479. The molecule has 1 aliphatic carbocycles. The summed E-state index contributed by atoms with van der Waals surface area (Å²) in [6, 6.07) is 0. The van der Waals surface area contributed by atoms with Gasteiger partial charge in [-0.25, -0.2) is 0 Å². The van der Waals surface area contributed by atoms with Crippen molar-refractivity contribution in [1.82, 2.24) is 0 Å². The normalized spacial score (nSPS) is 33.2. The Bertz CT molecular complexity index is 289. The minimum Gasteiger partial charge on any atom is -0.347 e. The van der Waals surface area contributed by atoms with Gasteiger partial charge in [-0.1, -0.05) is 13.8 Å². The highest BCUT2D eigenvalue weighted by molar-refractivity contribution is 5.97. The van der Waals surface area contributed by atoms with Crippen molar-refractivity contribution < 1.29 is 19.1 Å². The highest BCUT2D eigenvalue weighted by Crippen LogP contribution is 2.45. The molecule has 0 N–H and O–H groups in total. The van der Waals surface area contributed by atoms with Crippen LogP contribution in [0.25, 0.3) is 0 Å². The third-order valence-corrected chi connectivity index (χ3v) is 3.22. The average Bonchev–Trinajstić information content (AvgIpc) is 2.59. The van der Waals surface area contributed by atoms with E-state index in [4.69, 9.17) is 9.47 Å². The van der Waals surface area contributed by atoms with Gasteiger partial charge in [-0.05, 0) is 0 Å². The van der Waals surface area contributed by atoms with Crippen LogP contribution >= 0.6 is 0 Å². The maximum absolute atomic E-state index is 11.9. The molecule has 0 amide bonds. The molecule has 0 aromatic carbocycles. The van der Waals surface area contributed by atoms with Gasteiger partial charge in [0.2, 0.25) is 0 Å². The second kappa shape index (κ2) is 3.39. The zero-order valence-electron chi connectivity index (χ0n) is 9.12. The number of ketones is 1.